The largest absolute Gasteiger partial charge is 0.475 e. The maximum Gasteiger partial charge on any atom is 0.351 e. The van der Waals surface area contributed by atoms with Gasteiger partial charge in [-0.15, -0.1) is 0 Å². The molecule has 6 aromatic carbocycles. The Balaban J connectivity index is 0.000000142. The molecule has 34 heteroatoms. The van der Waals surface area contributed by atoms with E-state index in [0.29, 0.717) is 59.9 Å². The number of nitrogens with one attached hydrogen (secondary N) is 3. The first-order valence-corrected chi connectivity index (χ1v) is 59.9. The summed E-state index contributed by atoms with van der Waals surface area (Å²) in [6, 6.07) is 73.7. The minimum atomic E-state index is -2.13. The van der Waals surface area contributed by atoms with Crippen molar-refractivity contribution in [3.05, 3.63) is 235 Å². The molecule has 9 aromatic rings. The van der Waals surface area contributed by atoms with Gasteiger partial charge in [-0.25, -0.2) is 23.8 Å². The van der Waals surface area contributed by atoms with Crippen LogP contribution in [-0.2, 0) is 55.7 Å². The third-order valence-electron chi connectivity index (χ3n) is 28.5. The van der Waals surface area contributed by atoms with Gasteiger partial charge in [0.05, 0.1) is 73.8 Å². The molecule has 10 aliphatic heterocycles. The van der Waals surface area contributed by atoms with Gasteiger partial charge < -0.3 is 61.6 Å². The van der Waals surface area contributed by atoms with Crippen molar-refractivity contribution in [3.8, 4) is 11.9 Å². The average molecular weight is 1940 g/mol. The number of benzene rings is 6. The van der Waals surface area contributed by atoms with Crippen LogP contribution in [0.5, 0.6) is 5.88 Å². The normalized spacial score (nSPS) is 27.4. The molecule has 0 saturated carbocycles. The summed E-state index contributed by atoms with van der Waals surface area (Å²) in [7, 11) is -9.98. The lowest BCUT2D eigenvalue weighted by Crippen LogP contribution is -2.58. The summed E-state index contributed by atoms with van der Waals surface area (Å²) in [5.74, 6) is 0.137. The predicted molar refractivity (Wildman–Crippen MR) is 535 cm³/mol. The Labute approximate surface area is 799 Å². The number of aromatic nitrogens is 6. The second-order valence-corrected chi connectivity index (χ2v) is 55.1. The van der Waals surface area contributed by atoms with Gasteiger partial charge in [-0.1, -0.05) is 288 Å². The third-order valence-corrected chi connectivity index (χ3v) is 47.3. The van der Waals surface area contributed by atoms with Gasteiger partial charge in [-0.2, -0.15) is 20.2 Å². The van der Waals surface area contributed by atoms with Crippen molar-refractivity contribution in [2.24, 2.45) is 11.8 Å². The Kier molecular flexibility index (Phi) is 31.7. The number of imidazole rings is 1. The highest BCUT2D eigenvalue weighted by Crippen LogP contribution is 2.62. The Morgan fingerprint density at radius 3 is 1.28 bits per heavy atom. The molecule has 18 atom stereocenters. The number of carbonyl (C=O) groups is 3. The first-order chi connectivity index (χ1) is 65.4. The number of fused-ring (bicyclic) bond motifs is 4. The number of amides is 3. The molecule has 9 saturated heterocycles. The van der Waals surface area contributed by atoms with E-state index >= 15 is 0 Å². The van der Waals surface area contributed by atoms with Gasteiger partial charge in [0.25, 0.3) is 31.5 Å². The van der Waals surface area contributed by atoms with Crippen molar-refractivity contribution < 1.29 is 60.5 Å². The third kappa shape index (κ3) is 21.5. The molecule has 3 amide bonds. The SMILES string of the molecule is C=C1NC(=O)C(C)=CN1[C@H]1CC(O[P@@]2O[C@H](C[Si](C)(c3ccccc3)c3ccccc3)[C@@H]3CCCN32)[C@@H](CC)O1.CC[C@H]1O[C@@H](n2ccc(NC(=O)C(C)C)nc2=O)CC1O[P@]1O[C@@H](C[Si](C)(c2ccccc2)c2ccccc2)[C@H]2CCCN21.CC[C@H]1O[C@@H](n2cnc3c(OCCC#N)nc(NC(=O)C(C)C)nc32)CC1O[P@]1O[C@@H](C[Si](C)(c2ccccc2)c2ccccc2)[C@H]2CCCN21. The van der Waals surface area contributed by atoms with Crippen LogP contribution in [-0.4, -0.2) is 195 Å². The molecular formula is C101H129N14O14P3Si3. The van der Waals surface area contributed by atoms with Crippen LogP contribution in [0.3, 0.4) is 0 Å². The van der Waals surface area contributed by atoms with Crippen molar-refractivity contribution in [3.63, 3.8) is 0 Å². The number of nitrogens with zero attached hydrogens (tertiary/aromatic N) is 11. The Morgan fingerprint density at radius 2 is 0.904 bits per heavy atom. The molecule has 0 aliphatic carbocycles. The monoisotopic (exact) mass is 1940 g/mol. The fraction of sp³-hybridized carbons (Fsp3) is 0.475. The van der Waals surface area contributed by atoms with E-state index in [2.05, 4.69) is 285 Å². The highest BCUT2D eigenvalue weighted by atomic mass is 31.2. The molecule has 0 bridgehead atoms. The number of nitriles is 1. The highest BCUT2D eigenvalue weighted by Gasteiger charge is 2.57. The van der Waals surface area contributed by atoms with Crippen molar-refractivity contribution in [2.75, 3.05) is 36.9 Å². The van der Waals surface area contributed by atoms with E-state index in [1.54, 1.807) is 53.2 Å². The molecular weight excluding hydrogens is 1810 g/mol. The molecule has 0 spiro atoms. The molecule has 9 fully saturated rings. The smallest absolute Gasteiger partial charge is 0.351 e. The fourth-order valence-corrected chi connectivity index (χ4v) is 38.7. The molecule has 714 valence electrons. The lowest BCUT2D eigenvalue weighted by Gasteiger charge is -2.32. The number of ether oxygens (including phenoxy) is 4. The highest BCUT2D eigenvalue weighted by molar-refractivity contribution is 7.45. The van der Waals surface area contributed by atoms with Crippen molar-refractivity contribution >= 4 is 122 Å². The summed E-state index contributed by atoms with van der Waals surface area (Å²) in [5.41, 5.74) is 1.10. The predicted octanol–water partition coefficient (Wildman–Crippen LogP) is 15.4. The topological polar surface area (TPSA) is 295 Å². The van der Waals surface area contributed by atoms with Crippen LogP contribution in [0.15, 0.2) is 230 Å². The molecule has 13 heterocycles. The molecule has 10 aliphatic rings. The number of carbonyl (C=O) groups excluding carboxylic acids is 3. The van der Waals surface area contributed by atoms with Crippen LogP contribution in [0.2, 0.25) is 37.8 Å². The Hall–Kier alpha value is -8.81. The van der Waals surface area contributed by atoms with E-state index in [1.165, 1.54) is 42.1 Å². The summed E-state index contributed by atoms with van der Waals surface area (Å²) in [6.45, 7) is 29.9. The van der Waals surface area contributed by atoms with Crippen LogP contribution in [0, 0.1) is 23.2 Å². The maximum absolute atomic E-state index is 12.9. The number of rotatable bonds is 31. The quantitative estimate of drug-likeness (QED) is 0.0207. The minimum absolute atomic E-state index is 0.0383. The average Bonchev–Trinajstić information content (AvgIpc) is 1.62. The van der Waals surface area contributed by atoms with Crippen molar-refractivity contribution in [2.45, 2.75) is 268 Å². The summed E-state index contributed by atoms with van der Waals surface area (Å²) in [5, 5.41) is 25.9. The lowest BCUT2D eigenvalue weighted by atomic mass is 10.1. The van der Waals surface area contributed by atoms with Crippen molar-refractivity contribution in [1.82, 2.24) is 53.3 Å². The molecule has 19 rings (SSSR count). The second-order valence-electron chi connectivity index (χ2n) is 38.2. The van der Waals surface area contributed by atoms with Crippen LogP contribution < -0.4 is 57.5 Å². The van der Waals surface area contributed by atoms with Gasteiger partial charge >= 0.3 is 5.69 Å². The zero-order chi connectivity index (χ0) is 94.2. The first-order valence-electron chi connectivity index (χ1n) is 48.3. The molecule has 3 aromatic heterocycles. The number of hydrogen-bond donors (Lipinski definition) is 3. The summed E-state index contributed by atoms with van der Waals surface area (Å²) < 4.78 is 77.5. The number of hydrogen-bond acceptors (Lipinski definition) is 23. The van der Waals surface area contributed by atoms with E-state index in [1.807, 2.05) is 15.7 Å². The lowest BCUT2D eigenvalue weighted by molar-refractivity contribution is -0.119. The van der Waals surface area contributed by atoms with Crippen LogP contribution in [0.25, 0.3) is 11.2 Å². The molecule has 135 heavy (non-hydrogen) atoms. The van der Waals surface area contributed by atoms with E-state index in [-0.39, 0.29) is 121 Å². The summed E-state index contributed by atoms with van der Waals surface area (Å²) in [6.07, 6.45) is 14.7. The van der Waals surface area contributed by atoms with Crippen LogP contribution in [0.1, 0.15) is 151 Å². The Bertz CT molecular complexity index is 5580. The molecule has 28 nitrogen and oxygen atoms in total. The maximum atomic E-state index is 12.9. The van der Waals surface area contributed by atoms with Gasteiger partial charge in [0.15, 0.2) is 11.2 Å². The molecule has 0 radical (unpaired) electrons. The fourth-order valence-electron chi connectivity index (χ4n) is 20.8. The second kappa shape index (κ2) is 43.7. The zero-order valence-electron chi connectivity index (χ0n) is 79.3. The van der Waals surface area contributed by atoms with E-state index < -0.39 is 67.9 Å². The summed E-state index contributed by atoms with van der Waals surface area (Å²) in [4.78, 5) is 69.3. The van der Waals surface area contributed by atoms with Gasteiger partial charge in [-0.05, 0) is 88.9 Å². The van der Waals surface area contributed by atoms with Gasteiger partial charge in [0.1, 0.15) is 61.2 Å². The van der Waals surface area contributed by atoms with E-state index in [0.717, 1.165) is 89.1 Å². The van der Waals surface area contributed by atoms with Gasteiger partial charge in [-0.3, -0.25) is 28.8 Å². The van der Waals surface area contributed by atoms with E-state index in [4.69, 9.17) is 51.4 Å². The standard InChI is InChI=1S/C37H46N7O5PSi.C33H43N4O5PSi.C31H40N3O4PSi/c1-5-29-30(22-32(47-29)43-24-39-33-34(43)40-37(41-35(45)25(2)3)42-36(33)46-21-13-19-38)48-50-44-20-12-18-28(44)31(49-50)23-51(4,26-14-8-6-9-15-26)27-16-10-7-11-17-27;1-5-27-28(21-31(40-27)36-20-18-30(35-33(36)39)34-32(38)23(2)3)41-43-37-19-12-17-26(37)29(42-43)22-44(4,24-13-8-6-9-14-24)25-15-10-7-11-16-25;1-5-27-28(19-30(36-27)33-20-22(2)31(35)32-23(33)3)37-39-34-18-12-17-26(34)29(38-39)21-40(4,24-13-8-6-9-14-24)25-15-10-7-11-16-25/h6-11,14-17,24-25,28-32H,5,12-13,18,20-23H2,1-4H3,(H,40,41,42,45);6-11,13-16,18,20,23,26-29,31H,5,12,17,19,21-22H2,1-4H3,(H,34,35,38,39);6-11,13-16,20,26-30H,3,5,12,17-19,21H2,1-2,4H3,(H,32,35)/t28-,29-,30?,31+,32-,50-;26-,27-,28?,29+,31-,43-;26-,27+,28?,29+,30+,39-/m110/s1. The first kappa shape index (κ1) is 97.8. The molecule has 3 unspecified atom stereocenters. The van der Waals surface area contributed by atoms with Gasteiger partial charge in [0.2, 0.25) is 23.6 Å². The number of anilines is 2. The Morgan fingerprint density at radius 1 is 0.526 bits per heavy atom. The zero-order valence-corrected chi connectivity index (χ0v) is 85.0. The van der Waals surface area contributed by atoms with Crippen molar-refractivity contribution in [1.29, 1.82) is 5.26 Å². The molecule has 3 N–H and O–H groups in total. The van der Waals surface area contributed by atoms with Gasteiger partial charge in [0, 0.05) is 86.8 Å². The summed E-state index contributed by atoms with van der Waals surface area (Å²) >= 11 is 0. The minimum Gasteiger partial charge on any atom is -0.475 e. The van der Waals surface area contributed by atoms with E-state index in [9.17, 15) is 19.2 Å². The van der Waals surface area contributed by atoms with Crippen LogP contribution in [0.4, 0.5) is 11.8 Å². The van der Waals surface area contributed by atoms with Crippen LogP contribution >= 0.6 is 25.6 Å².